The number of rotatable bonds is 0. The monoisotopic (exact) mass is 146 g/mol. The van der Waals surface area contributed by atoms with Crippen molar-refractivity contribution in [3.63, 3.8) is 0 Å². The molecule has 0 saturated heterocycles. The number of nitrogens with one attached hydrogen (secondary N) is 1. The molecule has 0 fully saturated rings. The fourth-order valence-electron chi connectivity index (χ4n) is 0.304. The van der Waals surface area contributed by atoms with Crippen LogP contribution in [-0.4, -0.2) is 11.5 Å². The molecule has 0 saturated carbocycles. The highest BCUT2D eigenvalue weighted by Gasteiger charge is 2.02. The van der Waals surface area contributed by atoms with Gasteiger partial charge in [0.15, 0.2) is 5.17 Å². The molecule has 8 heavy (non-hydrogen) atoms. The fraction of sp³-hybridized carbons (Fsp3) is 0. The molecule has 3 nitrogen and oxygen atoms in total. The molecule has 0 aromatic heterocycles. The second kappa shape index (κ2) is 2.41. The van der Waals surface area contributed by atoms with E-state index in [1.807, 2.05) is 0 Å². The van der Waals surface area contributed by atoms with Gasteiger partial charge in [0.25, 0.3) is 0 Å². The fourth-order valence-corrected chi connectivity index (χ4v) is 0.693. The number of hydrogen-bond donors (Lipinski definition) is 3. The summed E-state index contributed by atoms with van der Waals surface area (Å²) in [6.07, 6.45) is 1.48. The first kappa shape index (κ1) is 5.97. The van der Waals surface area contributed by atoms with Crippen LogP contribution in [0.15, 0.2) is 9.98 Å². The van der Waals surface area contributed by atoms with Gasteiger partial charge in [-0.05, 0) is 0 Å². The molecule has 0 unspecified atom stereocenters. The molecule has 1 N–H and O–H groups in total. The van der Waals surface area contributed by atoms with E-state index in [4.69, 9.17) is 0 Å². The molecule has 0 aliphatic carbocycles. The Morgan fingerprint density at radius 2 is 2.25 bits per heavy atom. The summed E-state index contributed by atoms with van der Waals surface area (Å²) >= 11 is 7.76. The summed E-state index contributed by atoms with van der Waals surface area (Å²) in [5.74, 6) is 0. The minimum atomic E-state index is 0.425. The van der Waals surface area contributed by atoms with Crippen LogP contribution >= 0.6 is 25.3 Å². The predicted octanol–water partition coefficient (Wildman–Crippen LogP) is 0.280. The lowest BCUT2D eigenvalue weighted by molar-refractivity contribution is 1.04. The van der Waals surface area contributed by atoms with E-state index in [-0.39, 0.29) is 0 Å². The highest BCUT2D eigenvalue weighted by molar-refractivity contribution is 7.97. The van der Waals surface area contributed by atoms with E-state index in [1.54, 1.807) is 0 Å². The van der Waals surface area contributed by atoms with Crippen LogP contribution in [0.3, 0.4) is 0 Å². The number of aliphatic imine (C=N–C) groups is 2. The van der Waals surface area contributed by atoms with Crippen LogP contribution in [0.25, 0.3) is 0 Å². The van der Waals surface area contributed by atoms with Gasteiger partial charge in [0.2, 0.25) is 5.50 Å². The summed E-state index contributed by atoms with van der Waals surface area (Å²) < 4.78 is 0. The molecule has 1 radical (unpaired) electrons. The van der Waals surface area contributed by atoms with Crippen molar-refractivity contribution in [2.45, 2.75) is 0 Å². The molecule has 0 bridgehead atoms. The first-order chi connectivity index (χ1) is 3.79. The molecule has 0 spiro atoms. The first-order valence-electron chi connectivity index (χ1n) is 1.91. The minimum Gasteiger partial charge on any atom is -0.339 e. The number of thiol groups is 2. The first-order valence-corrected chi connectivity index (χ1v) is 2.81. The van der Waals surface area contributed by atoms with Crippen molar-refractivity contribution in [2.75, 3.05) is 0 Å². The number of hydrogen-bond acceptors (Lipinski definition) is 4. The maximum absolute atomic E-state index is 3.90. The van der Waals surface area contributed by atoms with Crippen LogP contribution in [-0.2, 0) is 0 Å². The van der Waals surface area contributed by atoms with Gasteiger partial charge in [0.1, 0.15) is 0 Å². The summed E-state index contributed by atoms with van der Waals surface area (Å²) in [5.41, 5.74) is 0.519. The third-order valence-corrected chi connectivity index (χ3v) is 1.02. The maximum Gasteiger partial charge on any atom is 0.232 e. The van der Waals surface area contributed by atoms with Gasteiger partial charge < -0.3 is 5.32 Å². The Morgan fingerprint density at radius 3 is 2.62 bits per heavy atom. The normalized spacial score (nSPS) is 20.0. The third kappa shape index (κ3) is 1.41. The molecule has 0 aromatic carbocycles. The van der Waals surface area contributed by atoms with Gasteiger partial charge in [-0.2, -0.15) is 0 Å². The van der Waals surface area contributed by atoms with Gasteiger partial charge >= 0.3 is 0 Å². The van der Waals surface area contributed by atoms with Gasteiger partial charge in [0, 0.05) is 0 Å². The van der Waals surface area contributed by atoms with E-state index in [1.165, 1.54) is 6.34 Å². The van der Waals surface area contributed by atoms with Crippen LogP contribution in [0.2, 0.25) is 0 Å². The van der Waals surface area contributed by atoms with Crippen molar-refractivity contribution in [1.82, 2.24) is 5.32 Å². The molecule has 1 heterocycles. The van der Waals surface area contributed by atoms with Gasteiger partial charge in [-0.25, -0.2) is 9.98 Å². The van der Waals surface area contributed by atoms with Crippen molar-refractivity contribution in [3.8, 4) is 0 Å². The van der Waals surface area contributed by atoms with Crippen molar-refractivity contribution in [2.24, 2.45) is 9.98 Å². The van der Waals surface area contributed by atoms with Crippen molar-refractivity contribution >= 4 is 36.8 Å². The molecule has 0 amide bonds. The summed E-state index contributed by atoms with van der Waals surface area (Å²) in [7, 11) is 0. The smallest absolute Gasteiger partial charge is 0.232 e. The highest BCUT2D eigenvalue weighted by atomic mass is 32.1. The molecule has 43 valence electrons. The van der Waals surface area contributed by atoms with Crippen LogP contribution in [0.5, 0.6) is 0 Å². The number of amidine groups is 1. The van der Waals surface area contributed by atoms with Gasteiger partial charge in [-0.15, -0.1) is 25.3 Å². The molecule has 5 heteroatoms. The molecular weight excluding hydrogens is 142 g/mol. The second-order valence-electron chi connectivity index (χ2n) is 1.14. The number of nitrogens with zero attached hydrogens (tertiary/aromatic N) is 2. The Labute approximate surface area is 58.1 Å². The van der Waals surface area contributed by atoms with Gasteiger partial charge in [-0.3, -0.25) is 0 Å². The second-order valence-corrected chi connectivity index (χ2v) is 1.96. The van der Waals surface area contributed by atoms with Crippen LogP contribution in [0.1, 0.15) is 0 Å². The topological polar surface area (TPSA) is 36.8 Å². The van der Waals surface area contributed by atoms with E-state index in [0.717, 1.165) is 0 Å². The predicted molar refractivity (Wildman–Crippen MR) is 40.3 cm³/mol. The molecular formula is C3H4N3S2. The van der Waals surface area contributed by atoms with Crippen LogP contribution < -0.4 is 5.32 Å². The Morgan fingerprint density at radius 1 is 1.50 bits per heavy atom. The zero-order valence-electron chi connectivity index (χ0n) is 3.87. The lowest BCUT2D eigenvalue weighted by Crippen LogP contribution is -2.17. The summed E-state index contributed by atoms with van der Waals surface area (Å²) in [6, 6.07) is 0. The van der Waals surface area contributed by atoms with Crippen molar-refractivity contribution in [3.05, 3.63) is 5.50 Å². The largest absolute Gasteiger partial charge is 0.339 e. The Kier molecular flexibility index (Phi) is 1.80. The lowest BCUT2D eigenvalue weighted by atomic mass is 10.9. The zero-order valence-corrected chi connectivity index (χ0v) is 5.66. The molecule has 1 aliphatic rings. The standard InChI is InChI=1S/C3H4N3S2/c7-2-4-1-5-3(8)6-2/h1,7H,(H2,4,5,6,8). The van der Waals surface area contributed by atoms with Gasteiger partial charge in [0.05, 0.1) is 6.34 Å². The zero-order chi connectivity index (χ0) is 5.98. The molecule has 0 atom stereocenters. The van der Waals surface area contributed by atoms with Gasteiger partial charge in [-0.1, -0.05) is 0 Å². The molecule has 1 rings (SSSR count). The average molecular weight is 146 g/mol. The van der Waals surface area contributed by atoms with E-state index in [2.05, 4.69) is 40.6 Å². The van der Waals surface area contributed by atoms with Crippen molar-refractivity contribution < 1.29 is 0 Å². The van der Waals surface area contributed by atoms with E-state index in [0.29, 0.717) is 10.7 Å². The quantitative estimate of drug-likeness (QED) is 0.422. The highest BCUT2D eigenvalue weighted by Crippen LogP contribution is 2.06. The Hall–Kier alpha value is -0.160. The van der Waals surface area contributed by atoms with E-state index < -0.39 is 0 Å². The summed E-state index contributed by atoms with van der Waals surface area (Å²) in [6.45, 7) is 0. The Balaban J connectivity index is 2.63. The molecule has 0 aromatic rings. The SMILES string of the molecule is S[C]1N=C(S)N=CN1. The third-order valence-electron chi connectivity index (χ3n) is 0.580. The average Bonchev–Trinajstić information content (AvgIpc) is 1.64. The Bertz CT molecular complexity index is 141. The summed E-state index contributed by atoms with van der Waals surface area (Å²) in [5, 5.41) is 3.09. The van der Waals surface area contributed by atoms with Crippen LogP contribution in [0, 0.1) is 5.50 Å². The maximum atomic E-state index is 3.90. The van der Waals surface area contributed by atoms with Crippen molar-refractivity contribution in [1.29, 1.82) is 0 Å². The minimum absolute atomic E-state index is 0.425. The summed E-state index contributed by atoms with van der Waals surface area (Å²) in [4.78, 5) is 7.42. The van der Waals surface area contributed by atoms with Crippen LogP contribution in [0.4, 0.5) is 0 Å². The van der Waals surface area contributed by atoms with E-state index in [9.17, 15) is 0 Å². The molecule has 1 aliphatic heterocycles. The van der Waals surface area contributed by atoms with E-state index >= 15 is 0 Å². The lowest BCUT2D eigenvalue weighted by Gasteiger charge is -2.06.